The van der Waals surface area contributed by atoms with Gasteiger partial charge in [0.1, 0.15) is 18.1 Å². The zero-order chi connectivity index (χ0) is 27.0. The third-order valence-corrected chi connectivity index (χ3v) is 6.66. The molecule has 1 heterocycles. The fourth-order valence-electron chi connectivity index (χ4n) is 3.82. The maximum atomic E-state index is 12.9. The molecule has 5 unspecified atom stereocenters. The zero-order valence-electron chi connectivity index (χ0n) is 21.1. The van der Waals surface area contributed by atoms with Crippen molar-refractivity contribution in [3.8, 4) is 0 Å². The van der Waals surface area contributed by atoms with Crippen molar-refractivity contribution < 1.29 is 24.3 Å². The number of amides is 3. The molecule has 5 atom stereocenters. The lowest BCUT2D eigenvalue weighted by Crippen LogP contribution is -2.59. The number of carbonyl (C=O) groups excluding carboxylic acids is 3. The Morgan fingerprint density at radius 1 is 1.00 bits per heavy atom. The van der Waals surface area contributed by atoms with Crippen molar-refractivity contribution >= 4 is 47.2 Å². The second-order valence-electron chi connectivity index (χ2n) is 9.35. The van der Waals surface area contributed by atoms with Crippen molar-refractivity contribution in [3.05, 3.63) is 36.0 Å². The van der Waals surface area contributed by atoms with Gasteiger partial charge in [-0.2, -0.15) is 12.6 Å². The Bertz CT molecular complexity index is 1070. The van der Waals surface area contributed by atoms with Crippen LogP contribution in [0.2, 0.25) is 0 Å². The number of benzene rings is 1. The number of nitrogens with one attached hydrogen (secondary N) is 4. The Morgan fingerprint density at radius 2 is 1.64 bits per heavy atom. The molecule has 2 rings (SSSR count). The number of rotatable bonds is 13. The number of aliphatic carboxylic acids is 1. The Labute approximate surface area is 216 Å². The van der Waals surface area contributed by atoms with Crippen molar-refractivity contribution in [1.29, 1.82) is 0 Å². The molecule has 0 spiro atoms. The predicted molar refractivity (Wildman–Crippen MR) is 142 cm³/mol. The van der Waals surface area contributed by atoms with Crippen LogP contribution >= 0.6 is 12.6 Å². The van der Waals surface area contributed by atoms with E-state index in [4.69, 9.17) is 5.73 Å². The van der Waals surface area contributed by atoms with Gasteiger partial charge in [0.05, 0.1) is 6.04 Å². The van der Waals surface area contributed by atoms with Crippen molar-refractivity contribution in [2.75, 3.05) is 5.75 Å². The van der Waals surface area contributed by atoms with Gasteiger partial charge < -0.3 is 31.8 Å². The highest BCUT2D eigenvalue weighted by Crippen LogP contribution is 2.19. The van der Waals surface area contributed by atoms with E-state index >= 15 is 0 Å². The molecule has 0 fully saturated rings. The fourth-order valence-corrected chi connectivity index (χ4v) is 4.08. The summed E-state index contributed by atoms with van der Waals surface area (Å²) >= 11 is 4.18. The third-order valence-electron chi connectivity index (χ3n) is 6.29. The average molecular weight is 520 g/mol. The molecule has 3 amide bonds. The first-order valence-corrected chi connectivity index (χ1v) is 12.7. The highest BCUT2D eigenvalue weighted by molar-refractivity contribution is 7.80. The van der Waals surface area contributed by atoms with Crippen LogP contribution in [0, 0.1) is 11.8 Å². The van der Waals surface area contributed by atoms with E-state index in [2.05, 4.69) is 33.6 Å². The number of carboxylic acid groups (broad SMARTS) is 1. The van der Waals surface area contributed by atoms with Crippen LogP contribution in [-0.2, 0) is 25.6 Å². The lowest BCUT2D eigenvalue weighted by atomic mass is 9.97. The SMILES string of the molecule is CCC(C)C(NC(=O)C(NC(=O)C(CS)NC(=O)C(N)Cc1c[nH]c2ccccc12)C(C)C)C(=O)O. The molecule has 0 aliphatic heterocycles. The van der Waals surface area contributed by atoms with E-state index in [0.29, 0.717) is 6.42 Å². The number of carbonyl (C=O) groups is 4. The molecule has 7 N–H and O–H groups in total. The lowest BCUT2D eigenvalue weighted by molar-refractivity contribution is -0.144. The molecule has 0 saturated carbocycles. The summed E-state index contributed by atoms with van der Waals surface area (Å²) in [6.45, 7) is 7.02. The van der Waals surface area contributed by atoms with Crippen LogP contribution < -0.4 is 21.7 Å². The highest BCUT2D eigenvalue weighted by Gasteiger charge is 2.33. The maximum absolute atomic E-state index is 12.9. The molecule has 10 nitrogen and oxygen atoms in total. The van der Waals surface area contributed by atoms with Crippen molar-refractivity contribution in [3.63, 3.8) is 0 Å². The van der Waals surface area contributed by atoms with Gasteiger partial charge in [0, 0.05) is 22.9 Å². The summed E-state index contributed by atoms with van der Waals surface area (Å²) in [6.07, 6.45) is 2.62. The number of hydrogen-bond donors (Lipinski definition) is 7. The Morgan fingerprint density at radius 3 is 2.22 bits per heavy atom. The molecule has 0 bridgehead atoms. The van der Waals surface area contributed by atoms with Gasteiger partial charge in [0.2, 0.25) is 17.7 Å². The second kappa shape index (κ2) is 13.3. The van der Waals surface area contributed by atoms with Crippen LogP contribution in [0.15, 0.2) is 30.5 Å². The molecule has 11 heteroatoms. The molecule has 1 aromatic carbocycles. The minimum absolute atomic E-state index is 0.0194. The molecule has 0 aliphatic rings. The van der Waals surface area contributed by atoms with Gasteiger partial charge in [-0.15, -0.1) is 0 Å². The molecule has 1 aromatic heterocycles. The van der Waals surface area contributed by atoms with Gasteiger partial charge >= 0.3 is 5.97 Å². The van der Waals surface area contributed by atoms with E-state index in [0.717, 1.165) is 16.5 Å². The number of fused-ring (bicyclic) bond motifs is 1. The van der Waals surface area contributed by atoms with Gasteiger partial charge in [-0.25, -0.2) is 4.79 Å². The number of hydrogen-bond acceptors (Lipinski definition) is 6. The largest absolute Gasteiger partial charge is 0.480 e. The number of para-hydroxylation sites is 1. The highest BCUT2D eigenvalue weighted by atomic mass is 32.1. The molecule has 0 radical (unpaired) electrons. The van der Waals surface area contributed by atoms with Gasteiger partial charge in [-0.05, 0) is 29.9 Å². The van der Waals surface area contributed by atoms with Crippen LogP contribution in [0.25, 0.3) is 10.9 Å². The standard InChI is InChI=1S/C25H37N5O5S/c1-5-14(4)21(25(34)35)30-24(33)20(13(2)3)29-23(32)19(12-36)28-22(31)17(26)10-15-11-27-18-9-7-6-8-16(15)18/h6-9,11,13-14,17,19-21,27,36H,5,10,12,26H2,1-4H3,(H,28,31)(H,29,32)(H,30,33)(H,34,35). The number of aromatic nitrogens is 1. The summed E-state index contributed by atoms with van der Waals surface area (Å²) in [5.41, 5.74) is 7.94. The quantitative estimate of drug-likeness (QED) is 0.196. The van der Waals surface area contributed by atoms with E-state index in [-0.39, 0.29) is 24.0 Å². The first-order valence-electron chi connectivity index (χ1n) is 12.0. The number of aromatic amines is 1. The smallest absolute Gasteiger partial charge is 0.326 e. The summed E-state index contributed by atoms with van der Waals surface area (Å²) in [5, 5.41) is 18.2. The molecule has 198 valence electrons. The molecular formula is C25H37N5O5S. The summed E-state index contributed by atoms with van der Waals surface area (Å²) < 4.78 is 0. The molecule has 2 aromatic rings. The second-order valence-corrected chi connectivity index (χ2v) is 9.72. The van der Waals surface area contributed by atoms with Gasteiger partial charge in [-0.3, -0.25) is 14.4 Å². The average Bonchev–Trinajstić information content (AvgIpc) is 3.25. The number of carboxylic acids is 1. The zero-order valence-corrected chi connectivity index (χ0v) is 22.0. The first-order chi connectivity index (χ1) is 17.0. The van der Waals surface area contributed by atoms with Crippen molar-refractivity contribution in [2.45, 2.75) is 64.7 Å². The summed E-state index contributed by atoms with van der Waals surface area (Å²) in [7, 11) is 0. The number of H-pyrrole nitrogens is 1. The topological polar surface area (TPSA) is 166 Å². The van der Waals surface area contributed by atoms with Crippen LogP contribution in [0.3, 0.4) is 0 Å². The number of thiol groups is 1. The third kappa shape index (κ3) is 7.47. The van der Waals surface area contributed by atoms with E-state index in [1.54, 1.807) is 27.0 Å². The Hall–Kier alpha value is -3.05. The van der Waals surface area contributed by atoms with Crippen molar-refractivity contribution in [1.82, 2.24) is 20.9 Å². The molecular weight excluding hydrogens is 482 g/mol. The van der Waals surface area contributed by atoms with E-state index in [9.17, 15) is 24.3 Å². The molecule has 36 heavy (non-hydrogen) atoms. The van der Waals surface area contributed by atoms with Gasteiger partial charge in [0.15, 0.2) is 0 Å². The minimum atomic E-state index is -1.14. The predicted octanol–water partition coefficient (Wildman–Crippen LogP) is 1.21. The summed E-state index contributed by atoms with van der Waals surface area (Å²) in [5.74, 6) is -3.53. The normalized spacial score (nSPS) is 15.5. The van der Waals surface area contributed by atoms with Crippen LogP contribution in [0.5, 0.6) is 0 Å². The maximum Gasteiger partial charge on any atom is 0.326 e. The van der Waals surface area contributed by atoms with E-state index in [1.165, 1.54) is 0 Å². The van der Waals surface area contributed by atoms with Crippen LogP contribution in [0.4, 0.5) is 0 Å². The monoisotopic (exact) mass is 519 g/mol. The number of nitrogens with two attached hydrogens (primary N) is 1. The van der Waals surface area contributed by atoms with Crippen LogP contribution in [-0.4, -0.2) is 63.7 Å². The van der Waals surface area contributed by atoms with Crippen LogP contribution in [0.1, 0.15) is 39.7 Å². The lowest BCUT2D eigenvalue weighted by Gasteiger charge is -2.28. The Balaban J connectivity index is 2.03. The summed E-state index contributed by atoms with van der Waals surface area (Å²) in [4.78, 5) is 53.3. The Kier molecular flexibility index (Phi) is 10.8. The van der Waals surface area contributed by atoms with Gasteiger partial charge in [0.25, 0.3) is 0 Å². The molecule has 0 aliphatic carbocycles. The van der Waals surface area contributed by atoms with E-state index < -0.39 is 47.9 Å². The molecule has 0 saturated heterocycles. The summed E-state index contributed by atoms with van der Waals surface area (Å²) in [6, 6.07) is 3.64. The first kappa shape index (κ1) is 29.2. The van der Waals surface area contributed by atoms with E-state index in [1.807, 2.05) is 31.2 Å². The van der Waals surface area contributed by atoms with Gasteiger partial charge in [-0.1, -0.05) is 52.3 Å². The minimum Gasteiger partial charge on any atom is -0.480 e. The fraction of sp³-hybridized carbons (Fsp3) is 0.520. The van der Waals surface area contributed by atoms with Crippen molar-refractivity contribution in [2.24, 2.45) is 17.6 Å².